The predicted molar refractivity (Wildman–Crippen MR) is 91.2 cm³/mol. The third-order valence-electron chi connectivity index (χ3n) is 4.07. The van der Waals surface area contributed by atoms with Crippen LogP contribution in [0.4, 0.5) is 0 Å². The molecule has 0 aliphatic carbocycles. The Kier molecular flexibility index (Phi) is 8.46. The van der Waals surface area contributed by atoms with Gasteiger partial charge in [0.1, 0.15) is 0 Å². The van der Waals surface area contributed by atoms with Crippen LogP contribution in [0, 0.1) is 5.92 Å². The van der Waals surface area contributed by atoms with E-state index in [1.807, 2.05) is 23.1 Å². The smallest absolute Gasteiger partial charge is 0.226 e. The van der Waals surface area contributed by atoms with Gasteiger partial charge in [-0.25, -0.2) is 0 Å². The molecule has 1 saturated heterocycles. The molecule has 1 aliphatic rings. The number of amides is 1. The van der Waals surface area contributed by atoms with Gasteiger partial charge >= 0.3 is 0 Å². The van der Waals surface area contributed by atoms with E-state index in [2.05, 4.69) is 24.4 Å². The summed E-state index contributed by atoms with van der Waals surface area (Å²) in [6, 6.07) is 10.6. The number of hydrogen-bond acceptors (Lipinski definition) is 3. The molecule has 5 heteroatoms. The summed E-state index contributed by atoms with van der Waals surface area (Å²) in [5.74, 6) is 0.408. The van der Waals surface area contributed by atoms with E-state index in [1.165, 1.54) is 5.56 Å². The number of nitrogens with zero attached hydrogens (tertiary/aromatic N) is 1. The summed E-state index contributed by atoms with van der Waals surface area (Å²) in [7, 11) is 1.68. The Balaban J connectivity index is 0.00000242. The first-order valence-corrected chi connectivity index (χ1v) is 7.75. The number of nitrogens with one attached hydrogen (secondary N) is 1. The molecule has 1 amide bonds. The minimum atomic E-state index is 0. The van der Waals surface area contributed by atoms with Gasteiger partial charge in [-0.1, -0.05) is 30.3 Å². The number of halogens is 1. The molecule has 1 heterocycles. The lowest BCUT2D eigenvalue weighted by molar-refractivity contribution is -0.138. The summed E-state index contributed by atoms with van der Waals surface area (Å²) in [5, 5.41) is 3.40. The van der Waals surface area contributed by atoms with Crippen LogP contribution in [0.2, 0.25) is 0 Å². The van der Waals surface area contributed by atoms with Gasteiger partial charge in [-0.05, 0) is 31.9 Å². The average Bonchev–Trinajstić information content (AvgIpc) is 2.51. The van der Waals surface area contributed by atoms with E-state index in [-0.39, 0.29) is 24.2 Å². The van der Waals surface area contributed by atoms with Crippen LogP contribution in [-0.2, 0) is 16.1 Å². The lowest BCUT2D eigenvalue weighted by Gasteiger charge is -2.32. The van der Waals surface area contributed by atoms with Gasteiger partial charge in [0.25, 0.3) is 0 Å². The predicted octanol–water partition coefficient (Wildman–Crippen LogP) is 2.47. The molecule has 1 aliphatic heterocycles. The number of rotatable bonds is 6. The molecule has 0 unspecified atom stereocenters. The van der Waals surface area contributed by atoms with Gasteiger partial charge in [0.15, 0.2) is 0 Å². The van der Waals surface area contributed by atoms with Crippen LogP contribution in [0.3, 0.4) is 0 Å². The van der Waals surface area contributed by atoms with E-state index >= 15 is 0 Å². The van der Waals surface area contributed by atoms with Crippen LogP contribution in [0.25, 0.3) is 0 Å². The maximum Gasteiger partial charge on any atom is 0.226 e. The summed E-state index contributed by atoms with van der Waals surface area (Å²) in [6.45, 7) is 4.99. The second-order valence-electron chi connectivity index (χ2n) is 5.81. The zero-order chi connectivity index (χ0) is 15.1. The maximum absolute atomic E-state index is 12.8. The van der Waals surface area contributed by atoms with Gasteiger partial charge in [0.2, 0.25) is 5.91 Å². The molecule has 0 spiro atoms. The number of carbonyl (C=O) groups excluding carboxylic acids is 1. The molecule has 2 atom stereocenters. The third kappa shape index (κ3) is 5.59. The van der Waals surface area contributed by atoms with Gasteiger partial charge in [-0.15, -0.1) is 12.4 Å². The maximum atomic E-state index is 12.8. The van der Waals surface area contributed by atoms with Crippen molar-refractivity contribution < 1.29 is 9.53 Å². The van der Waals surface area contributed by atoms with E-state index in [0.29, 0.717) is 25.7 Å². The lowest BCUT2D eigenvalue weighted by atomic mass is 9.92. The number of carbonyl (C=O) groups is 1. The molecule has 0 bridgehead atoms. The van der Waals surface area contributed by atoms with E-state index in [1.54, 1.807) is 7.11 Å². The number of piperidine rings is 1. The van der Waals surface area contributed by atoms with Crippen molar-refractivity contribution in [3.63, 3.8) is 0 Å². The van der Waals surface area contributed by atoms with Crippen LogP contribution < -0.4 is 5.32 Å². The van der Waals surface area contributed by atoms with Crippen molar-refractivity contribution in [1.29, 1.82) is 0 Å². The van der Waals surface area contributed by atoms with Crippen molar-refractivity contribution in [3.05, 3.63) is 35.9 Å². The minimum Gasteiger partial charge on any atom is -0.383 e. The van der Waals surface area contributed by atoms with Crippen LogP contribution in [0.5, 0.6) is 0 Å². The molecular weight excluding hydrogens is 300 g/mol. The van der Waals surface area contributed by atoms with Gasteiger partial charge in [-0.3, -0.25) is 4.79 Å². The molecule has 22 heavy (non-hydrogen) atoms. The first-order chi connectivity index (χ1) is 10.2. The number of methoxy groups -OCH3 is 1. The fourth-order valence-corrected chi connectivity index (χ4v) is 2.89. The van der Waals surface area contributed by atoms with Gasteiger partial charge in [0, 0.05) is 32.2 Å². The molecule has 2 rings (SSSR count). The topological polar surface area (TPSA) is 41.6 Å². The van der Waals surface area contributed by atoms with E-state index < -0.39 is 0 Å². The van der Waals surface area contributed by atoms with Crippen molar-refractivity contribution in [1.82, 2.24) is 10.2 Å². The Morgan fingerprint density at radius 3 is 2.73 bits per heavy atom. The Morgan fingerprint density at radius 2 is 2.09 bits per heavy atom. The Bertz CT molecular complexity index is 442. The molecule has 1 N–H and O–H groups in total. The Hall–Kier alpha value is -1.10. The zero-order valence-corrected chi connectivity index (χ0v) is 14.3. The standard InChI is InChI=1S/C17H26N2O2.ClH/c1-14-12-16(8-9-18-14)17(20)19(10-11-21-2)13-15-6-4-3-5-7-15;/h3-7,14,16,18H,8-13H2,1-2H3;1H/t14-,16-;/m0./s1. The summed E-state index contributed by atoms with van der Waals surface area (Å²) in [4.78, 5) is 14.7. The summed E-state index contributed by atoms with van der Waals surface area (Å²) >= 11 is 0. The van der Waals surface area contributed by atoms with Crippen LogP contribution in [0.15, 0.2) is 30.3 Å². The quantitative estimate of drug-likeness (QED) is 0.873. The molecule has 124 valence electrons. The van der Waals surface area contributed by atoms with Crippen molar-refractivity contribution in [2.45, 2.75) is 32.4 Å². The van der Waals surface area contributed by atoms with Crippen LogP contribution in [0.1, 0.15) is 25.3 Å². The second kappa shape index (κ2) is 9.82. The highest BCUT2D eigenvalue weighted by Gasteiger charge is 2.28. The summed E-state index contributed by atoms with van der Waals surface area (Å²) in [5.41, 5.74) is 1.17. The largest absolute Gasteiger partial charge is 0.383 e. The molecule has 1 fully saturated rings. The van der Waals surface area contributed by atoms with Crippen molar-refractivity contribution in [2.75, 3.05) is 26.8 Å². The minimum absolute atomic E-state index is 0. The van der Waals surface area contributed by atoms with Crippen molar-refractivity contribution in [2.24, 2.45) is 5.92 Å². The summed E-state index contributed by atoms with van der Waals surface area (Å²) in [6.07, 6.45) is 1.86. The number of ether oxygens (including phenoxy) is 1. The monoisotopic (exact) mass is 326 g/mol. The van der Waals surface area contributed by atoms with E-state index in [0.717, 1.165) is 19.4 Å². The molecule has 0 saturated carbocycles. The molecule has 0 radical (unpaired) electrons. The van der Waals surface area contributed by atoms with Gasteiger partial charge in [-0.2, -0.15) is 0 Å². The van der Waals surface area contributed by atoms with Crippen LogP contribution in [-0.4, -0.2) is 43.7 Å². The first kappa shape index (κ1) is 18.9. The fourth-order valence-electron chi connectivity index (χ4n) is 2.89. The fraction of sp³-hybridized carbons (Fsp3) is 0.588. The second-order valence-corrected chi connectivity index (χ2v) is 5.81. The average molecular weight is 327 g/mol. The van der Waals surface area contributed by atoms with Crippen LogP contribution >= 0.6 is 12.4 Å². The highest BCUT2D eigenvalue weighted by molar-refractivity contribution is 5.85. The highest BCUT2D eigenvalue weighted by atomic mass is 35.5. The first-order valence-electron chi connectivity index (χ1n) is 7.75. The normalized spacial score (nSPS) is 21.0. The molecule has 4 nitrogen and oxygen atoms in total. The SMILES string of the molecule is COCCN(Cc1ccccc1)C(=O)[C@H]1CCN[C@@H](C)C1.Cl. The molecule has 0 aromatic heterocycles. The van der Waals surface area contributed by atoms with Crippen molar-refractivity contribution >= 4 is 18.3 Å². The number of benzene rings is 1. The molecule has 1 aromatic carbocycles. The van der Waals surface area contributed by atoms with Gasteiger partial charge in [0.05, 0.1) is 6.61 Å². The van der Waals surface area contributed by atoms with Crippen molar-refractivity contribution in [3.8, 4) is 0 Å². The lowest BCUT2D eigenvalue weighted by Crippen LogP contribution is -2.44. The zero-order valence-electron chi connectivity index (χ0n) is 13.5. The molecule has 1 aromatic rings. The number of hydrogen-bond donors (Lipinski definition) is 1. The summed E-state index contributed by atoms with van der Waals surface area (Å²) < 4.78 is 5.16. The third-order valence-corrected chi connectivity index (χ3v) is 4.07. The Morgan fingerprint density at radius 1 is 1.36 bits per heavy atom. The van der Waals surface area contributed by atoms with E-state index in [9.17, 15) is 4.79 Å². The van der Waals surface area contributed by atoms with Gasteiger partial charge < -0.3 is 15.0 Å². The highest BCUT2D eigenvalue weighted by Crippen LogP contribution is 2.20. The Labute approximate surface area is 139 Å². The molecular formula is C17H27ClN2O2. The van der Waals surface area contributed by atoms with E-state index in [4.69, 9.17) is 4.74 Å².